The van der Waals surface area contributed by atoms with Gasteiger partial charge in [0.15, 0.2) is 0 Å². The second-order valence-corrected chi connectivity index (χ2v) is 5.74. The molecule has 0 atom stereocenters. The lowest BCUT2D eigenvalue weighted by Gasteiger charge is -2.05. The first-order valence-corrected chi connectivity index (χ1v) is 8.86. The van der Waals surface area contributed by atoms with Crippen LogP contribution in [0.2, 0.25) is 0 Å². The second-order valence-electron chi connectivity index (χ2n) is 5.74. The van der Waals surface area contributed by atoms with Crippen molar-refractivity contribution in [3.8, 4) is 0 Å². The van der Waals surface area contributed by atoms with Crippen LogP contribution in [0.15, 0.2) is 42.5 Å². The van der Waals surface area contributed by atoms with E-state index in [0.717, 1.165) is 32.1 Å². The molecule has 0 aliphatic carbocycles. The van der Waals surface area contributed by atoms with Gasteiger partial charge in [0, 0.05) is 0 Å². The number of benzene rings is 2. The summed E-state index contributed by atoms with van der Waals surface area (Å²) in [5.74, 6) is 0. The van der Waals surface area contributed by atoms with Crippen LogP contribution in [0.25, 0.3) is 0 Å². The normalized spacial score (nSPS) is 10.0. The van der Waals surface area contributed by atoms with Gasteiger partial charge in [-0.1, -0.05) is 77.1 Å². The minimum absolute atomic E-state index is 1.14. The molecular formula is C22H32. The van der Waals surface area contributed by atoms with E-state index in [1.165, 1.54) is 27.8 Å². The van der Waals surface area contributed by atoms with Gasteiger partial charge in [-0.3, -0.25) is 0 Å². The largest absolute Gasteiger partial charge is 0.0613 e. The number of aryl methyl sites for hydroxylation is 5. The van der Waals surface area contributed by atoms with Gasteiger partial charge < -0.3 is 0 Å². The molecule has 0 spiro atoms. The molecular weight excluding hydrogens is 264 g/mol. The molecule has 0 unspecified atom stereocenters. The van der Waals surface area contributed by atoms with Crippen LogP contribution in [-0.2, 0) is 32.1 Å². The van der Waals surface area contributed by atoms with Gasteiger partial charge in [-0.2, -0.15) is 0 Å². The molecule has 0 nitrogen and oxygen atoms in total. The van der Waals surface area contributed by atoms with Gasteiger partial charge in [-0.25, -0.2) is 0 Å². The van der Waals surface area contributed by atoms with Gasteiger partial charge in [0.2, 0.25) is 0 Å². The molecule has 0 heterocycles. The van der Waals surface area contributed by atoms with Crippen molar-refractivity contribution in [2.24, 2.45) is 0 Å². The fourth-order valence-electron chi connectivity index (χ4n) is 2.46. The molecule has 0 heteroatoms. The maximum atomic E-state index is 2.32. The molecule has 0 aromatic heterocycles. The highest BCUT2D eigenvalue weighted by Crippen LogP contribution is 2.12. The summed E-state index contributed by atoms with van der Waals surface area (Å²) in [5.41, 5.74) is 7.29. The summed E-state index contributed by atoms with van der Waals surface area (Å²) in [4.78, 5) is 0. The minimum Gasteiger partial charge on any atom is -0.0613 e. The summed E-state index contributed by atoms with van der Waals surface area (Å²) in [6.07, 6.45) is 5.75. The van der Waals surface area contributed by atoms with Crippen LogP contribution in [0.4, 0.5) is 0 Å². The molecule has 120 valence electrons. The molecule has 2 aromatic rings. The maximum Gasteiger partial charge on any atom is -0.0307 e. The second kappa shape index (κ2) is 10.2. The Morgan fingerprint density at radius 1 is 0.409 bits per heavy atom. The minimum atomic E-state index is 1.14. The van der Waals surface area contributed by atoms with Crippen LogP contribution in [-0.4, -0.2) is 0 Å². The summed E-state index contributed by atoms with van der Waals surface area (Å²) >= 11 is 0. The Hall–Kier alpha value is -1.56. The Morgan fingerprint density at radius 3 is 0.818 bits per heavy atom. The third-order valence-electron chi connectivity index (χ3n) is 4.18. The van der Waals surface area contributed by atoms with E-state index >= 15 is 0 Å². The third-order valence-corrected chi connectivity index (χ3v) is 4.18. The van der Waals surface area contributed by atoms with Crippen molar-refractivity contribution in [3.05, 3.63) is 70.3 Å². The standard InChI is InChI=1S/C12H18.C10H14/c1-4-10-7-11(5-2)9-12(6-3)8-10;1-3-9-5-7-10(4-2)8-6-9/h7-9H,4-6H2,1-3H3;5-8H,3-4H2,1-2H3. The molecule has 0 amide bonds. The van der Waals surface area contributed by atoms with Crippen LogP contribution >= 0.6 is 0 Å². The monoisotopic (exact) mass is 296 g/mol. The highest BCUT2D eigenvalue weighted by atomic mass is 14.0. The first kappa shape index (κ1) is 18.5. The first-order chi connectivity index (χ1) is 10.7. The lowest BCUT2D eigenvalue weighted by molar-refractivity contribution is 1.04. The Kier molecular flexibility index (Phi) is 8.58. The van der Waals surface area contributed by atoms with Crippen molar-refractivity contribution in [2.75, 3.05) is 0 Å². The fourth-order valence-corrected chi connectivity index (χ4v) is 2.46. The predicted molar refractivity (Wildman–Crippen MR) is 99.8 cm³/mol. The van der Waals surface area contributed by atoms with Crippen molar-refractivity contribution in [3.63, 3.8) is 0 Å². The lowest BCUT2D eigenvalue weighted by Crippen LogP contribution is -1.90. The molecule has 0 N–H and O–H groups in total. The van der Waals surface area contributed by atoms with Crippen LogP contribution in [0.5, 0.6) is 0 Å². The average molecular weight is 296 g/mol. The first-order valence-electron chi connectivity index (χ1n) is 8.86. The molecule has 0 radical (unpaired) electrons. The number of hydrogen-bond donors (Lipinski definition) is 0. The zero-order valence-electron chi connectivity index (χ0n) is 15.1. The van der Waals surface area contributed by atoms with E-state index in [1.54, 1.807) is 0 Å². The quantitative estimate of drug-likeness (QED) is 0.617. The summed E-state index contributed by atoms with van der Waals surface area (Å²) in [6, 6.07) is 15.8. The van der Waals surface area contributed by atoms with Gasteiger partial charge in [-0.05, 0) is 59.9 Å². The van der Waals surface area contributed by atoms with Crippen molar-refractivity contribution < 1.29 is 0 Å². The Labute approximate surface area is 137 Å². The van der Waals surface area contributed by atoms with E-state index < -0.39 is 0 Å². The van der Waals surface area contributed by atoms with Gasteiger partial charge in [0.1, 0.15) is 0 Å². The van der Waals surface area contributed by atoms with Crippen LogP contribution in [0, 0.1) is 0 Å². The molecule has 0 fully saturated rings. The highest BCUT2D eigenvalue weighted by molar-refractivity contribution is 5.30. The van der Waals surface area contributed by atoms with Gasteiger partial charge >= 0.3 is 0 Å². The number of rotatable bonds is 5. The summed E-state index contributed by atoms with van der Waals surface area (Å²) in [7, 11) is 0. The lowest BCUT2D eigenvalue weighted by atomic mass is 10.0. The number of hydrogen-bond acceptors (Lipinski definition) is 0. The van der Waals surface area contributed by atoms with E-state index in [2.05, 4.69) is 77.1 Å². The van der Waals surface area contributed by atoms with E-state index in [-0.39, 0.29) is 0 Å². The van der Waals surface area contributed by atoms with Crippen molar-refractivity contribution >= 4 is 0 Å². The molecule has 0 aliphatic rings. The Balaban J connectivity index is 0.000000224. The fraction of sp³-hybridized carbons (Fsp3) is 0.455. The van der Waals surface area contributed by atoms with Crippen molar-refractivity contribution in [1.29, 1.82) is 0 Å². The topological polar surface area (TPSA) is 0 Å². The van der Waals surface area contributed by atoms with Crippen LogP contribution in [0.3, 0.4) is 0 Å². The van der Waals surface area contributed by atoms with Crippen LogP contribution in [0.1, 0.15) is 62.4 Å². The zero-order valence-corrected chi connectivity index (χ0v) is 15.1. The van der Waals surface area contributed by atoms with E-state index in [1.807, 2.05) is 0 Å². The molecule has 2 aromatic carbocycles. The molecule has 0 saturated heterocycles. The zero-order chi connectivity index (χ0) is 16.4. The molecule has 0 aliphatic heterocycles. The predicted octanol–water partition coefficient (Wildman–Crippen LogP) is 6.19. The van der Waals surface area contributed by atoms with Crippen LogP contribution < -0.4 is 0 Å². The van der Waals surface area contributed by atoms with Crippen molar-refractivity contribution in [1.82, 2.24) is 0 Å². The smallest absolute Gasteiger partial charge is 0.0307 e. The van der Waals surface area contributed by atoms with E-state index in [9.17, 15) is 0 Å². The van der Waals surface area contributed by atoms with E-state index in [4.69, 9.17) is 0 Å². The van der Waals surface area contributed by atoms with Gasteiger partial charge in [-0.15, -0.1) is 0 Å². The average Bonchev–Trinajstić information content (AvgIpc) is 2.61. The maximum absolute atomic E-state index is 2.32. The SMILES string of the molecule is CCc1cc(CC)cc(CC)c1.CCc1ccc(CC)cc1. The summed E-state index contributed by atoms with van der Waals surface area (Å²) in [6.45, 7) is 11.0. The Morgan fingerprint density at radius 2 is 0.636 bits per heavy atom. The third kappa shape index (κ3) is 6.05. The van der Waals surface area contributed by atoms with Crippen molar-refractivity contribution in [2.45, 2.75) is 66.7 Å². The molecule has 22 heavy (non-hydrogen) atoms. The summed E-state index contributed by atoms with van der Waals surface area (Å²) < 4.78 is 0. The van der Waals surface area contributed by atoms with Gasteiger partial charge in [0.05, 0.1) is 0 Å². The van der Waals surface area contributed by atoms with E-state index in [0.29, 0.717) is 0 Å². The highest BCUT2D eigenvalue weighted by Gasteiger charge is 1.96. The molecule has 0 bridgehead atoms. The molecule has 2 rings (SSSR count). The molecule has 0 saturated carbocycles. The summed E-state index contributed by atoms with van der Waals surface area (Å²) in [5, 5.41) is 0. The Bertz CT molecular complexity index is 456. The van der Waals surface area contributed by atoms with Gasteiger partial charge in [0.25, 0.3) is 0 Å².